The molecular formula is C31H32N4O5S2. The molecule has 0 saturated heterocycles. The number of ether oxygens (including phenoxy) is 2. The topological polar surface area (TPSA) is 103 Å². The van der Waals surface area contributed by atoms with Gasteiger partial charge in [0.05, 0.1) is 18.9 Å². The van der Waals surface area contributed by atoms with Crippen molar-refractivity contribution >= 4 is 43.4 Å². The normalized spacial score (nSPS) is 11.6. The van der Waals surface area contributed by atoms with Gasteiger partial charge in [0, 0.05) is 32.1 Å². The fourth-order valence-electron chi connectivity index (χ4n) is 4.74. The van der Waals surface area contributed by atoms with Gasteiger partial charge >= 0.3 is 5.97 Å². The van der Waals surface area contributed by atoms with Crippen LogP contribution in [0.25, 0.3) is 21.2 Å². The molecule has 5 rings (SSSR count). The van der Waals surface area contributed by atoms with E-state index < -0.39 is 16.0 Å². The highest BCUT2D eigenvalue weighted by Gasteiger charge is 2.29. The van der Waals surface area contributed by atoms with Crippen molar-refractivity contribution in [2.75, 3.05) is 32.6 Å². The molecule has 0 bridgehead atoms. The number of carbonyl (C=O) groups is 1. The van der Waals surface area contributed by atoms with Gasteiger partial charge in [0.15, 0.2) is 5.03 Å². The maximum Gasteiger partial charge on any atom is 0.354 e. The molecule has 1 N–H and O–H groups in total. The summed E-state index contributed by atoms with van der Waals surface area (Å²) in [7, 11) is 0.494. The second-order valence-electron chi connectivity index (χ2n) is 9.68. The SMILES string of the molecule is COC(=O)c1ccc(S(=O)(=O)N(CCCNc2nsc3ccccc23)Cc2ccc(-c3ccc(OC)cc3)cc2)n1C. The van der Waals surface area contributed by atoms with E-state index in [-0.39, 0.29) is 23.8 Å². The third-order valence-corrected chi connectivity index (χ3v) is 9.82. The van der Waals surface area contributed by atoms with E-state index in [4.69, 9.17) is 9.47 Å². The molecule has 0 fully saturated rings. The second-order valence-corrected chi connectivity index (χ2v) is 12.4. The Bertz CT molecular complexity index is 1780. The lowest BCUT2D eigenvalue weighted by Crippen LogP contribution is -2.34. The number of benzene rings is 3. The maximum absolute atomic E-state index is 13.9. The number of carbonyl (C=O) groups excluding carboxylic acids is 1. The highest BCUT2D eigenvalue weighted by atomic mass is 32.2. The Morgan fingerprint density at radius 1 is 0.952 bits per heavy atom. The van der Waals surface area contributed by atoms with Gasteiger partial charge in [-0.05, 0) is 71.0 Å². The number of sulfonamides is 1. The summed E-state index contributed by atoms with van der Waals surface area (Å²) in [5, 5.41) is 4.42. The summed E-state index contributed by atoms with van der Waals surface area (Å²) < 4.78 is 46.3. The first-order valence-electron chi connectivity index (χ1n) is 13.4. The zero-order chi connectivity index (χ0) is 29.7. The van der Waals surface area contributed by atoms with Gasteiger partial charge in [0.25, 0.3) is 10.0 Å². The van der Waals surface area contributed by atoms with Crippen molar-refractivity contribution in [3.63, 3.8) is 0 Å². The van der Waals surface area contributed by atoms with Gasteiger partial charge in [-0.2, -0.15) is 8.68 Å². The van der Waals surface area contributed by atoms with Gasteiger partial charge in [-0.1, -0.05) is 48.5 Å². The molecule has 218 valence electrons. The molecule has 5 aromatic rings. The smallest absolute Gasteiger partial charge is 0.354 e. The van der Waals surface area contributed by atoms with Crippen molar-refractivity contribution in [2.24, 2.45) is 7.05 Å². The molecule has 3 aromatic carbocycles. The number of methoxy groups -OCH3 is 2. The minimum Gasteiger partial charge on any atom is -0.497 e. The number of fused-ring (bicyclic) bond motifs is 1. The number of hydrogen-bond acceptors (Lipinski definition) is 8. The van der Waals surface area contributed by atoms with Crippen molar-refractivity contribution in [3.05, 3.63) is 96.2 Å². The molecule has 0 amide bonds. The molecule has 0 aliphatic rings. The Morgan fingerprint density at radius 2 is 1.64 bits per heavy atom. The molecule has 0 saturated carbocycles. The zero-order valence-corrected chi connectivity index (χ0v) is 25.2. The van der Waals surface area contributed by atoms with Crippen LogP contribution in [0.15, 0.2) is 90.0 Å². The molecular weight excluding hydrogens is 572 g/mol. The summed E-state index contributed by atoms with van der Waals surface area (Å²) in [5.41, 5.74) is 3.06. The predicted octanol–water partition coefficient (Wildman–Crippen LogP) is 5.79. The highest BCUT2D eigenvalue weighted by Crippen LogP contribution is 2.27. The van der Waals surface area contributed by atoms with Crippen LogP contribution < -0.4 is 10.1 Å². The lowest BCUT2D eigenvalue weighted by Gasteiger charge is -2.23. The van der Waals surface area contributed by atoms with E-state index in [0.717, 1.165) is 38.3 Å². The van der Waals surface area contributed by atoms with E-state index in [9.17, 15) is 13.2 Å². The molecule has 9 nitrogen and oxygen atoms in total. The highest BCUT2D eigenvalue weighted by molar-refractivity contribution is 7.89. The molecule has 0 atom stereocenters. The number of nitrogens with zero attached hydrogens (tertiary/aromatic N) is 3. The fourth-order valence-corrected chi connectivity index (χ4v) is 7.14. The summed E-state index contributed by atoms with van der Waals surface area (Å²) in [6, 6.07) is 26.5. The second kappa shape index (κ2) is 12.8. The van der Waals surface area contributed by atoms with Crippen molar-refractivity contribution in [1.29, 1.82) is 0 Å². The van der Waals surface area contributed by atoms with Crippen LogP contribution in [0.1, 0.15) is 22.5 Å². The summed E-state index contributed by atoms with van der Waals surface area (Å²) in [5.74, 6) is 0.980. The fraction of sp³-hybridized carbons (Fsp3) is 0.226. The van der Waals surface area contributed by atoms with E-state index >= 15 is 0 Å². The van der Waals surface area contributed by atoms with E-state index in [1.807, 2.05) is 72.8 Å². The maximum atomic E-state index is 13.9. The van der Waals surface area contributed by atoms with Crippen molar-refractivity contribution in [2.45, 2.75) is 18.0 Å². The van der Waals surface area contributed by atoms with E-state index in [1.165, 1.54) is 39.6 Å². The third-order valence-electron chi connectivity index (χ3n) is 7.06. The van der Waals surface area contributed by atoms with Crippen LogP contribution in [0.3, 0.4) is 0 Å². The molecule has 42 heavy (non-hydrogen) atoms. The first-order valence-corrected chi connectivity index (χ1v) is 15.6. The average Bonchev–Trinajstić information content (AvgIpc) is 3.62. The molecule has 11 heteroatoms. The summed E-state index contributed by atoms with van der Waals surface area (Å²) in [6.45, 7) is 0.969. The lowest BCUT2D eigenvalue weighted by molar-refractivity contribution is 0.0589. The van der Waals surface area contributed by atoms with Crippen molar-refractivity contribution in [3.8, 4) is 16.9 Å². The van der Waals surface area contributed by atoms with Gasteiger partial charge in [-0.25, -0.2) is 13.2 Å². The summed E-state index contributed by atoms with van der Waals surface area (Å²) in [6.07, 6.45) is 0.545. The van der Waals surface area contributed by atoms with Crippen LogP contribution in [-0.4, -0.2) is 54.9 Å². The number of aromatic nitrogens is 2. The van der Waals surface area contributed by atoms with Gasteiger partial charge in [0.2, 0.25) is 0 Å². The molecule has 0 unspecified atom stereocenters. The number of nitrogens with one attached hydrogen (secondary N) is 1. The zero-order valence-electron chi connectivity index (χ0n) is 23.6. The number of anilines is 1. The van der Waals surface area contributed by atoms with Gasteiger partial charge in [-0.3, -0.25) is 0 Å². The Balaban J connectivity index is 1.35. The average molecular weight is 605 g/mol. The monoisotopic (exact) mass is 604 g/mol. The third kappa shape index (κ3) is 6.18. The minimum atomic E-state index is -3.96. The Labute approximate surface area is 249 Å². The number of rotatable bonds is 12. The van der Waals surface area contributed by atoms with E-state index in [2.05, 4.69) is 9.69 Å². The van der Waals surface area contributed by atoms with Crippen LogP contribution in [0.4, 0.5) is 5.82 Å². The Kier molecular flexibility index (Phi) is 8.91. The minimum absolute atomic E-state index is 0.0243. The van der Waals surface area contributed by atoms with Crippen LogP contribution in [-0.2, 0) is 28.4 Å². The van der Waals surface area contributed by atoms with Crippen molar-refractivity contribution in [1.82, 2.24) is 13.2 Å². The van der Waals surface area contributed by atoms with Gasteiger partial charge in [0.1, 0.15) is 17.3 Å². The van der Waals surface area contributed by atoms with Gasteiger partial charge < -0.3 is 19.4 Å². The first kappa shape index (κ1) is 29.3. The molecule has 0 radical (unpaired) electrons. The van der Waals surface area contributed by atoms with E-state index in [0.29, 0.717) is 13.0 Å². The summed E-state index contributed by atoms with van der Waals surface area (Å²) in [4.78, 5) is 12.2. The Morgan fingerprint density at radius 3 is 2.33 bits per heavy atom. The molecule has 2 heterocycles. The quantitative estimate of drug-likeness (QED) is 0.142. The summed E-state index contributed by atoms with van der Waals surface area (Å²) >= 11 is 1.43. The van der Waals surface area contributed by atoms with Gasteiger partial charge in [-0.15, -0.1) is 0 Å². The number of esters is 1. The van der Waals surface area contributed by atoms with E-state index in [1.54, 1.807) is 14.2 Å². The molecule has 2 aromatic heterocycles. The first-order chi connectivity index (χ1) is 20.3. The van der Waals surface area contributed by atoms with Crippen LogP contribution in [0.2, 0.25) is 0 Å². The predicted molar refractivity (Wildman–Crippen MR) is 166 cm³/mol. The van der Waals surface area contributed by atoms with Crippen LogP contribution in [0, 0.1) is 0 Å². The molecule has 0 aliphatic heterocycles. The van der Waals surface area contributed by atoms with Crippen molar-refractivity contribution < 1.29 is 22.7 Å². The molecule has 0 aliphatic carbocycles. The molecule has 0 spiro atoms. The Hall–Kier alpha value is -4.19. The van der Waals surface area contributed by atoms with Crippen LogP contribution >= 0.6 is 11.5 Å². The lowest BCUT2D eigenvalue weighted by atomic mass is 10.0. The number of hydrogen-bond donors (Lipinski definition) is 1. The van der Waals surface area contributed by atoms with Crippen LogP contribution in [0.5, 0.6) is 5.75 Å². The standard InChI is InChI=1S/C31H32N4O5S2/c1-34-27(31(36)40-3)17-18-29(34)42(37,38)35(20-6-19-32-30-26-7-4-5-8-28(26)41-33-30)21-22-9-11-23(12-10-22)24-13-15-25(39-2)16-14-24/h4-5,7-18H,6,19-21H2,1-3H3,(H,32,33). The largest absolute Gasteiger partial charge is 0.497 e.